The quantitative estimate of drug-likeness (QED) is 0.868. The fourth-order valence-electron chi connectivity index (χ4n) is 2.53. The fraction of sp³-hybridized carbons (Fsp3) is 0.538. The molecule has 1 aliphatic rings. The number of piperidine rings is 1. The van der Waals surface area contributed by atoms with E-state index in [1.807, 2.05) is 0 Å². The van der Waals surface area contributed by atoms with Crippen LogP contribution in [0.25, 0.3) is 5.65 Å². The highest BCUT2D eigenvalue weighted by Gasteiger charge is 2.18. The number of aromatic hydroxyl groups is 1. The van der Waals surface area contributed by atoms with Crippen molar-refractivity contribution in [1.29, 1.82) is 0 Å². The van der Waals surface area contributed by atoms with E-state index >= 15 is 0 Å². The average molecular weight is 246 g/mol. The van der Waals surface area contributed by atoms with E-state index in [0.717, 1.165) is 17.9 Å². The lowest BCUT2D eigenvalue weighted by Gasteiger charge is -2.28. The van der Waals surface area contributed by atoms with Gasteiger partial charge in [0.2, 0.25) is 0 Å². The molecule has 0 radical (unpaired) electrons. The number of hydrogen-bond acceptors (Lipinski definition) is 4. The summed E-state index contributed by atoms with van der Waals surface area (Å²) < 4.78 is 1.65. The molecule has 0 amide bonds. The minimum Gasteiger partial charge on any atom is -0.506 e. The van der Waals surface area contributed by atoms with Gasteiger partial charge in [-0.25, -0.2) is 9.50 Å². The number of fused-ring (bicyclic) bond motifs is 1. The van der Waals surface area contributed by atoms with Gasteiger partial charge in [-0.15, -0.1) is 0 Å². The van der Waals surface area contributed by atoms with Crippen molar-refractivity contribution < 1.29 is 5.11 Å². The first-order valence-electron chi connectivity index (χ1n) is 6.43. The van der Waals surface area contributed by atoms with E-state index in [2.05, 4.69) is 22.0 Å². The summed E-state index contributed by atoms with van der Waals surface area (Å²) in [6.07, 6.45) is 4.98. The first-order valence-corrected chi connectivity index (χ1v) is 6.43. The molecular formula is C13H18N4O. The Bertz CT molecular complexity index is 543. The summed E-state index contributed by atoms with van der Waals surface area (Å²) in [6, 6.07) is 3.43. The van der Waals surface area contributed by atoms with Crippen molar-refractivity contribution in [1.82, 2.24) is 19.5 Å². The highest BCUT2D eigenvalue weighted by Crippen LogP contribution is 2.20. The highest BCUT2D eigenvalue weighted by atomic mass is 16.3. The third-order valence-electron chi connectivity index (χ3n) is 3.67. The molecule has 0 saturated carbocycles. The van der Waals surface area contributed by atoms with Gasteiger partial charge in [0.25, 0.3) is 0 Å². The van der Waals surface area contributed by atoms with E-state index in [1.165, 1.54) is 25.9 Å². The van der Waals surface area contributed by atoms with Crippen LogP contribution in [0, 0.1) is 5.92 Å². The van der Waals surface area contributed by atoms with E-state index < -0.39 is 0 Å². The molecule has 0 aliphatic carbocycles. The summed E-state index contributed by atoms with van der Waals surface area (Å²) >= 11 is 0. The lowest BCUT2D eigenvalue weighted by atomic mass is 9.94. The summed E-state index contributed by atoms with van der Waals surface area (Å²) in [7, 11) is 2.17. The van der Waals surface area contributed by atoms with Gasteiger partial charge in [0.1, 0.15) is 5.75 Å². The maximum Gasteiger partial charge on any atom is 0.155 e. The van der Waals surface area contributed by atoms with Crippen molar-refractivity contribution in [3.63, 3.8) is 0 Å². The number of rotatable bonds is 2. The molecule has 0 bridgehead atoms. The fourth-order valence-corrected chi connectivity index (χ4v) is 2.53. The maximum absolute atomic E-state index is 9.40. The monoisotopic (exact) mass is 246 g/mol. The van der Waals surface area contributed by atoms with Gasteiger partial charge in [0.05, 0.1) is 6.20 Å². The molecule has 1 fully saturated rings. The van der Waals surface area contributed by atoms with E-state index in [1.54, 1.807) is 22.8 Å². The second kappa shape index (κ2) is 4.57. The minimum absolute atomic E-state index is 0.221. The van der Waals surface area contributed by atoms with E-state index in [9.17, 15) is 5.11 Å². The van der Waals surface area contributed by atoms with Crippen LogP contribution >= 0.6 is 0 Å². The van der Waals surface area contributed by atoms with Crippen LogP contribution in [0.15, 0.2) is 18.3 Å². The zero-order valence-corrected chi connectivity index (χ0v) is 10.6. The molecule has 0 spiro atoms. The summed E-state index contributed by atoms with van der Waals surface area (Å²) in [4.78, 5) is 6.86. The molecule has 5 nitrogen and oxygen atoms in total. The van der Waals surface area contributed by atoms with Gasteiger partial charge in [0.15, 0.2) is 11.5 Å². The Hall–Kier alpha value is -1.62. The third-order valence-corrected chi connectivity index (χ3v) is 3.67. The van der Waals surface area contributed by atoms with Crippen molar-refractivity contribution in [3.8, 4) is 5.75 Å². The maximum atomic E-state index is 9.40. The molecule has 1 aliphatic heterocycles. The summed E-state index contributed by atoms with van der Waals surface area (Å²) in [5.74, 6) is 1.79. The zero-order chi connectivity index (χ0) is 12.5. The van der Waals surface area contributed by atoms with E-state index in [4.69, 9.17) is 0 Å². The van der Waals surface area contributed by atoms with Crippen LogP contribution in [0.2, 0.25) is 0 Å². The molecule has 2 aromatic rings. The van der Waals surface area contributed by atoms with Crippen molar-refractivity contribution >= 4 is 5.65 Å². The number of hydrogen-bond donors (Lipinski definition) is 1. The molecule has 0 unspecified atom stereocenters. The second-order valence-corrected chi connectivity index (χ2v) is 5.17. The molecule has 1 N–H and O–H groups in total. The predicted molar refractivity (Wildman–Crippen MR) is 68.6 cm³/mol. The van der Waals surface area contributed by atoms with Gasteiger partial charge in [-0.1, -0.05) is 0 Å². The Balaban J connectivity index is 1.74. The smallest absolute Gasteiger partial charge is 0.155 e. The van der Waals surface area contributed by atoms with Crippen molar-refractivity contribution in [2.24, 2.45) is 5.92 Å². The lowest BCUT2D eigenvalue weighted by Crippen LogP contribution is -2.31. The lowest BCUT2D eigenvalue weighted by molar-refractivity contribution is 0.217. The Morgan fingerprint density at radius 2 is 2.11 bits per heavy atom. The Labute approximate surface area is 106 Å². The number of likely N-dealkylation sites (tertiary alicyclic amines) is 1. The number of nitrogens with zero attached hydrogens (tertiary/aromatic N) is 4. The van der Waals surface area contributed by atoms with Crippen LogP contribution in [-0.4, -0.2) is 44.7 Å². The molecule has 1 saturated heterocycles. The van der Waals surface area contributed by atoms with Crippen molar-refractivity contribution in [3.05, 3.63) is 24.2 Å². The van der Waals surface area contributed by atoms with Crippen LogP contribution in [0.4, 0.5) is 0 Å². The van der Waals surface area contributed by atoms with Crippen LogP contribution in [0.3, 0.4) is 0 Å². The largest absolute Gasteiger partial charge is 0.506 e. The van der Waals surface area contributed by atoms with Crippen LogP contribution < -0.4 is 0 Å². The van der Waals surface area contributed by atoms with Crippen LogP contribution in [-0.2, 0) is 6.42 Å². The van der Waals surface area contributed by atoms with Gasteiger partial charge in [-0.05, 0) is 51.0 Å². The summed E-state index contributed by atoms with van der Waals surface area (Å²) in [5, 5.41) is 13.8. The van der Waals surface area contributed by atoms with Crippen LogP contribution in [0.1, 0.15) is 18.7 Å². The molecule has 0 atom stereocenters. The highest BCUT2D eigenvalue weighted by molar-refractivity contribution is 5.40. The molecule has 5 heteroatoms. The second-order valence-electron chi connectivity index (χ2n) is 5.17. The Morgan fingerprint density at radius 1 is 1.33 bits per heavy atom. The number of aromatic nitrogens is 3. The molecule has 96 valence electrons. The minimum atomic E-state index is 0.221. The topological polar surface area (TPSA) is 53.7 Å². The van der Waals surface area contributed by atoms with E-state index in [0.29, 0.717) is 5.92 Å². The molecular weight excluding hydrogens is 228 g/mol. The first kappa shape index (κ1) is 11.5. The van der Waals surface area contributed by atoms with Crippen molar-refractivity contribution in [2.45, 2.75) is 19.3 Å². The van der Waals surface area contributed by atoms with Gasteiger partial charge >= 0.3 is 0 Å². The van der Waals surface area contributed by atoms with E-state index in [-0.39, 0.29) is 5.75 Å². The van der Waals surface area contributed by atoms with Crippen molar-refractivity contribution in [2.75, 3.05) is 20.1 Å². The molecule has 18 heavy (non-hydrogen) atoms. The summed E-state index contributed by atoms with van der Waals surface area (Å²) in [6.45, 7) is 2.33. The van der Waals surface area contributed by atoms with Gasteiger partial charge < -0.3 is 10.0 Å². The molecule has 3 heterocycles. The standard InChI is InChI=1S/C13H18N4O/c1-16-6-4-10(5-7-16)8-12-14-13-3-2-11(18)9-17(13)15-12/h2-3,9-10,18H,4-8H2,1H3. The molecule has 2 aromatic heterocycles. The van der Waals surface area contributed by atoms with Gasteiger partial charge in [0, 0.05) is 6.42 Å². The molecule has 3 rings (SSSR count). The Kier molecular flexibility index (Phi) is 2.91. The Morgan fingerprint density at radius 3 is 2.89 bits per heavy atom. The van der Waals surface area contributed by atoms with Gasteiger partial charge in [-0.2, -0.15) is 5.10 Å². The zero-order valence-electron chi connectivity index (χ0n) is 10.6. The molecule has 0 aromatic carbocycles. The van der Waals surface area contributed by atoms with Crippen LogP contribution in [0.5, 0.6) is 5.75 Å². The first-order chi connectivity index (χ1) is 8.70. The average Bonchev–Trinajstić information content (AvgIpc) is 2.73. The number of pyridine rings is 1. The van der Waals surface area contributed by atoms with Gasteiger partial charge in [-0.3, -0.25) is 0 Å². The predicted octanol–water partition coefficient (Wildman–Crippen LogP) is 1.32. The SMILES string of the molecule is CN1CCC(Cc2nc3ccc(O)cn3n2)CC1. The summed E-state index contributed by atoms with van der Waals surface area (Å²) in [5.41, 5.74) is 0.802. The normalized spacial score (nSPS) is 18.5. The third kappa shape index (κ3) is 2.31.